The van der Waals surface area contributed by atoms with E-state index in [2.05, 4.69) is 0 Å². The van der Waals surface area contributed by atoms with Crippen molar-refractivity contribution in [2.45, 2.75) is 19.3 Å². The Hall–Kier alpha value is -2.68. The first-order valence-electron chi connectivity index (χ1n) is 8.11. The Morgan fingerprint density at radius 3 is 2.28 bits per heavy atom. The summed E-state index contributed by atoms with van der Waals surface area (Å²) in [5, 5.41) is -0.822. The van der Waals surface area contributed by atoms with Crippen LogP contribution in [0.1, 0.15) is 18.2 Å². The molecule has 0 radical (unpaired) electrons. The minimum absolute atomic E-state index is 0.0436. The smallest absolute Gasteiger partial charge is 0.449 e. The third-order valence-corrected chi connectivity index (χ3v) is 4.33. The van der Waals surface area contributed by atoms with Crippen molar-refractivity contribution in [3.63, 3.8) is 0 Å². The fraction of sp³-hybridized carbons (Fsp3) is 0.211. The molecule has 0 saturated carbocycles. The number of ether oxygens (including phenoxy) is 1. The summed E-state index contributed by atoms with van der Waals surface area (Å²) in [6.45, 7) is 1.65. The van der Waals surface area contributed by atoms with Crippen LogP contribution in [-0.2, 0) is 12.4 Å². The fourth-order valence-electron chi connectivity index (χ4n) is 2.79. The summed E-state index contributed by atoms with van der Waals surface area (Å²) in [7, 11) is 0. The van der Waals surface area contributed by atoms with Crippen LogP contribution in [0.5, 0.6) is 5.75 Å². The summed E-state index contributed by atoms with van der Waals surface area (Å²) in [4.78, 5) is 12.2. The van der Waals surface area contributed by atoms with Gasteiger partial charge >= 0.3 is 12.4 Å². The Labute approximate surface area is 164 Å². The van der Waals surface area contributed by atoms with E-state index in [9.17, 15) is 31.1 Å². The van der Waals surface area contributed by atoms with Gasteiger partial charge in [0.15, 0.2) is 5.43 Å². The highest BCUT2D eigenvalue weighted by atomic mass is 35.5. The standard InChI is InChI=1S/C19H11ClF6O3/c1-2-28-14-6-4-10-13(27)8-15(19(24,25)26)29-17(10)16(14)9-3-5-12(20)11(7-9)18(21,22)23/h3-8H,2H2,1H3. The van der Waals surface area contributed by atoms with Crippen molar-refractivity contribution in [2.75, 3.05) is 6.61 Å². The Morgan fingerprint density at radius 1 is 1.00 bits per heavy atom. The highest BCUT2D eigenvalue weighted by molar-refractivity contribution is 6.31. The molecule has 0 spiro atoms. The summed E-state index contributed by atoms with van der Waals surface area (Å²) in [6, 6.07) is 5.56. The molecule has 2 aromatic carbocycles. The van der Waals surface area contributed by atoms with E-state index < -0.39 is 39.7 Å². The molecule has 3 aromatic rings. The molecule has 1 heterocycles. The lowest BCUT2D eigenvalue weighted by Crippen LogP contribution is -2.11. The van der Waals surface area contributed by atoms with Crippen LogP contribution in [0.25, 0.3) is 22.1 Å². The molecule has 3 rings (SSSR count). The van der Waals surface area contributed by atoms with E-state index in [1.165, 1.54) is 18.2 Å². The third kappa shape index (κ3) is 4.05. The molecule has 0 atom stereocenters. The Bertz CT molecular complexity index is 1130. The minimum Gasteiger partial charge on any atom is -0.493 e. The first kappa shape index (κ1) is 21.0. The van der Waals surface area contributed by atoms with E-state index in [0.717, 1.165) is 6.07 Å². The van der Waals surface area contributed by atoms with E-state index in [1.54, 1.807) is 6.92 Å². The molecule has 0 aliphatic carbocycles. The lowest BCUT2D eigenvalue weighted by atomic mass is 9.99. The summed E-state index contributed by atoms with van der Waals surface area (Å²) in [5.41, 5.74) is -3.10. The largest absolute Gasteiger partial charge is 0.493 e. The first-order valence-corrected chi connectivity index (χ1v) is 8.49. The molecule has 0 amide bonds. The van der Waals surface area contributed by atoms with Crippen molar-refractivity contribution in [1.29, 1.82) is 0 Å². The molecule has 0 unspecified atom stereocenters. The predicted molar refractivity (Wildman–Crippen MR) is 94.1 cm³/mol. The van der Waals surface area contributed by atoms with Gasteiger partial charge in [-0.1, -0.05) is 17.7 Å². The number of halogens is 7. The van der Waals surface area contributed by atoms with Crippen molar-refractivity contribution < 1.29 is 35.5 Å². The Balaban J connectivity index is 2.43. The maximum atomic E-state index is 13.3. The molecule has 29 heavy (non-hydrogen) atoms. The van der Waals surface area contributed by atoms with Gasteiger partial charge in [0.25, 0.3) is 0 Å². The van der Waals surface area contributed by atoms with Gasteiger partial charge in [-0.25, -0.2) is 0 Å². The summed E-state index contributed by atoms with van der Waals surface area (Å²) < 4.78 is 89.4. The van der Waals surface area contributed by atoms with Gasteiger partial charge < -0.3 is 9.15 Å². The van der Waals surface area contributed by atoms with Crippen molar-refractivity contribution in [3.05, 3.63) is 63.0 Å². The molecule has 3 nitrogen and oxygen atoms in total. The van der Waals surface area contributed by atoms with Crippen LogP contribution in [0.4, 0.5) is 26.3 Å². The van der Waals surface area contributed by atoms with Crippen LogP contribution in [0.3, 0.4) is 0 Å². The highest BCUT2D eigenvalue weighted by Gasteiger charge is 2.36. The van der Waals surface area contributed by atoms with Gasteiger partial charge in [-0.15, -0.1) is 0 Å². The number of fused-ring (bicyclic) bond motifs is 1. The lowest BCUT2D eigenvalue weighted by Gasteiger charge is -2.16. The van der Waals surface area contributed by atoms with E-state index in [1.807, 2.05) is 0 Å². The highest BCUT2D eigenvalue weighted by Crippen LogP contribution is 2.42. The van der Waals surface area contributed by atoms with Crippen LogP contribution in [0.2, 0.25) is 5.02 Å². The molecule has 154 valence electrons. The van der Waals surface area contributed by atoms with Crippen molar-refractivity contribution in [1.82, 2.24) is 0 Å². The van der Waals surface area contributed by atoms with Crippen LogP contribution < -0.4 is 10.2 Å². The molecule has 0 N–H and O–H groups in total. The zero-order chi connectivity index (χ0) is 21.6. The fourth-order valence-corrected chi connectivity index (χ4v) is 3.01. The molecule has 10 heteroatoms. The maximum absolute atomic E-state index is 13.3. The average Bonchev–Trinajstić information content (AvgIpc) is 2.60. The molecular formula is C19H11ClF6O3. The molecule has 0 aliphatic heterocycles. The number of rotatable bonds is 3. The Morgan fingerprint density at radius 2 is 1.69 bits per heavy atom. The van der Waals surface area contributed by atoms with Gasteiger partial charge in [0.05, 0.1) is 28.1 Å². The third-order valence-electron chi connectivity index (χ3n) is 4.00. The lowest BCUT2D eigenvalue weighted by molar-refractivity contribution is -0.152. The second-order valence-electron chi connectivity index (χ2n) is 5.91. The Kier molecular flexibility index (Phi) is 5.29. The maximum Gasteiger partial charge on any atom is 0.449 e. The van der Waals surface area contributed by atoms with Gasteiger partial charge in [0.2, 0.25) is 5.76 Å². The van der Waals surface area contributed by atoms with E-state index in [4.69, 9.17) is 20.8 Å². The molecule has 0 aliphatic rings. The van der Waals surface area contributed by atoms with E-state index in [-0.39, 0.29) is 34.9 Å². The molecule has 0 fully saturated rings. The molecule has 1 aromatic heterocycles. The predicted octanol–water partition coefficient (Wildman–Crippen LogP) is 6.55. The van der Waals surface area contributed by atoms with Gasteiger partial charge in [-0.3, -0.25) is 4.79 Å². The first-order chi connectivity index (χ1) is 13.4. The second kappa shape index (κ2) is 7.29. The second-order valence-corrected chi connectivity index (χ2v) is 6.32. The van der Waals surface area contributed by atoms with Gasteiger partial charge in [-0.05, 0) is 36.8 Å². The van der Waals surface area contributed by atoms with Crippen molar-refractivity contribution >= 4 is 22.6 Å². The quantitative estimate of drug-likeness (QED) is 0.437. The normalized spacial score (nSPS) is 12.4. The molecular weight excluding hydrogens is 426 g/mol. The van der Waals surface area contributed by atoms with Gasteiger partial charge in [0, 0.05) is 6.07 Å². The van der Waals surface area contributed by atoms with Gasteiger partial charge in [0.1, 0.15) is 11.3 Å². The SMILES string of the molecule is CCOc1ccc2c(=O)cc(C(F)(F)F)oc2c1-c1ccc(Cl)c(C(F)(F)F)c1. The van der Waals surface area contributed by atoms with Crippen molar-refractivity contribution in [3.8, 4) is 16.9 Å². The van der Waals surface area contributed by atoms with Crippen molar-refractivity contribution in [2.24, 2.45) is 0 Å². The van der Waals surface area contributed by atoms with Crippen LogP contribution >= 0.6 is 11.6 Å². The van der Waals surface area contributed by atoms with Crippen LogP contribution in [-0.4, -0.2) is 6.61 Å². The summed E-state index contributed by atoms with van der Waals surface area (Å²) >= 11 is 5.62. The molecule has 0 bridgehead atoms. The van der Waals surface area contributed by atoms with Gasteiger partial charge in [-0.2, -0.15) is 26.3 Å². The number of hydrogen-bond donors (Lipinski definition) is 0. The number of hydrogen-bond acceptors (Lipinski definition) is 3. The minimum atomic E-state index is -4.97. The van der Waals surface area contributed by atoms with Crippen LogP contribution in [0.15, 0.2) is 45.6 Å². The topological polar surface area (TPSA) is 39.4 Å². The summed E-state index contributed by atoms with van der Waals surface area (Å²) in [5.74, 6) is -1.62. The average molecular weight is 437 g/mol. The zero-order valence-electron chi connectivity index (χ0n) is 14.5. The van der Waals surface area contributed by atoms with E-state index >= 15 is 0 Å². The molecule has 0 saturated heterocycles. The summed E-state index contributed by atoms with van der Waals surface area (Å²) in [6.07, 6.45) is -9.77. The van der Waals surface area contributed by atoms with Crippen LogP contribution in [0, 0.1) is 0 Å². The monoisotopic (exact) mass is 436 g/mol. The zero-order valence-corrected chi connectivity index (χ0v) is 15.3. The number of benzene rings is 2. The number of alkyl halides is 6. The van der Waals surface area contributed by atoms with E-state index in [0.29, 0.717) is 6.07 Å².